The maximum Gasteiger partial charge on any atom is 0.263 e. The number of nitrogens with zero attached hydrogens (tertiary/aromatic N) is 2. The summed E-state index contributed by atoms with van der Waals surface area (Å²) in [6.45, 7) is -0.0910. The van der Waals surface area contributed by atoms with Gasteiger partial charge in [0.2, 0.25) is 5.91 Å². The Morgan fingerprint density at radius 3 is 2.59 bits per heavy atom. The second-order valence-electron chi connectivity index (χ2n) is 5.93. The van der Waals surface area contributed by atoms with Crippen molar-refractivity contribution in [2.24, 2.45) is 0 Å². The summed E-state index contributed by atoms with van der Waals surface area (Å²) in [5.74, 6) is -0.273. The topological polar surface area (TPSA) is 64.0 Å². The number of fused-ring (bicyclic) bond motifs is 1. The zero-order valence-corrected chi connectivity index (χ0v) is 16.5. The summed E-state index contributed by atoms with van der Waals surface area (Å²) in [5.41, 5.74) is 2.24. The van der Waals surface area contributed by atoms with Crippen LogP contribution < -0.4 is 10.9 Å². The van der Waals surface area contributed by atoms with E-state index in [0.717, 1.165) is 15.6 Å². The molecule has 0 unspecified atom stereocenters. The Morgan fingerprint density at radius 1 is 1.11 bits per heavy atom. The second-order valence-corrected chi connectivity index (χ2v) is 7.70. The number of anilines is 1. The van der Waals surface area contributed by atoms with Crippen molar-refractivity contribution in [3.63, 3.8) is 0 Å². The Morgan fingerprint density at radius 2 is 1.85 bits per heavy atom. The highest BCUT2D eigenvalue weighted by atomic mass is 79.9. The molecule has 0 atom stereocenters. The lowest BCUT2D eigenvalue weighted by molar-refractivity contribution is -0.116. The Balaban J connectivity index is 1.67. The van der Waals surface area contributed by atoms with Crippen molar-refractivity contribution >= 4 is 49.1 Å². The van der Waals surface area contributed by atoms with Crippen molar-refractivity contribution in [3.05, 3.63) is 81.1 Å². The first-order valence-corrected chi connectivity index (χ1v) is 9.86. The van der Waals surface area contributed by atoms with E-state index in [1.165, 1.54) is 22.2 Å². The number of thiophene rings is 1. The predicted octanol–water partition coefficient (Wildman–Crippen LogP) is 4.53. The van der Waals surface area contributed by atoms with E-state index < -0.39 is 0 Å². The number of rotatable bonds is 4. The number of halogens is 1. The smallest absolute Gasteiger partial charge is 0.263 e. The largest absolute Gasteiger partial charge is 0.325 e. The van der Waals surface area contributed by atoms with Gasteiger partial charge in [-0.1, -0.05) is 46.3 Å². The van der Waals surface area contributed by atoms with E-state index in [9.17, 15) is 9.59 Å². The molecule has 2 heterocycles. The molecule has 0 aliphatic carbocycles. The number of benzene rings is 2. The van der Waals surface area contributed by atoms with Gasteiger partial charge in [-0.05, 0) is 29.8 Å². The Hall–Kier alpha value is -2.77. The summed E-state index contributed by atoms with van der Waals surface area (Å²) in [4.78, 5) is 30.3. The lowest BCUT2D eigenvalue weighted by atomic mass is 10.1. The fraction of sp³-hybridized carbons (Fsp3) is 0.0500. The van der Waals surface area contributed by atoms with Crippen molar-refractivity contribution < 1.29 is 4.79 Å². The molecule has 0 radical (unpaired) electrons. The average molecular weight is 440 g/mol. The minimum atomic E-state index is -0.273. The molecule has 134 valence electrons. The fourth-order valence-electron chi connectivity index (χ4n) is 2.80. The van der Waals surface area contributed by atoms with E-state index in [0.29, 0.717) is 15.9 Å². The van der Waals surface area contributed by atoms with Crippen LogP contribution in [0.1, 0.15) is 0 Å². The number of aromatic nitrogens is 2. The molecule has 0 aliphatic rings. The standard InChI is InChI=1S/C20H14BrN3O2S/c21-14-8-6-13(7-9-14)16-11-27-19-18(16)20(26)24(12-22-19)10-17(25)23-15-4-2-1-3-5-15/h1-9,11-12H,10H2,(H,23,25). The first-order chi connectivity index (χ1) is 13.1. The van der Waals surface area contributed by atoms with Crippen molar-refractivity contribution in [3.8, 4) is 11.1 Å². The third-order valence-corrected chi connectivity index (χ3v) is 5.50. The van der Waals surface area contributed by atoms with Gasteiger partial charge >= 0.3 is 0 Å². The third-order valence-electron chi connectivity index (χ3n) is 4.09. The van der Waals surface area contributed by atoms with Gasteiger partial charge in [0.25, 0.3) is 5.56 Å². The Bertz CT molecular complexity index is 1170. The Labute approximate surface area is 167 Å². The number of hydrogen-bond donors (Lipinski definition) is 1. The summed E-state index contributed by atoms with van der Waals surface area (Å²) >= 11 is 4.84. The molecular formula is C20H14BrN3O2S. The highest BCUT2D eigenvalue weighted by Crippen LogP contribution is 2.31. The van der Waals surface area contributed by atoms with Gasteiger partial charge in [-0.2, -0.15) is 0 Å². The van der Waals surface area contributed by atoms with Gasteiger partial charge in [0.1, 0.15) is 11.4 Å². The minimum absolute atomic E-state index is 0.0910. The van der Waals surface area contributed by atoms with E-state index in [1.807, 2.05) is 47.8 Å². The molecular weight excluding hydrogens is 426 g/mol. The van der Waals surface area contributed by atoms with Crippen molar-refractivity contribution in [2.75, 3.05) is 5.32 Å². The lowest BCUT2D eigenvalue weighted by Crippen LogP contribution is -2.27. The zero-order valence-electron chi connectivity index (χ0n) is 14.1. The number of carbonyl (C=O) groups excluding carboxylic acids is 1. The number of amides is 1. The molecule has 0 saturated heterocycles. The summed E-state index contributed by atoms with van der Waals surface area (Å²) in [7, 11) is 0. The van der Waals surface area contributed by atoms with Crippen molar-refractivity contribution in [1.82, 2.24) is 9.55 Å². The van der Waals surface area contributed by atoms with E-state index in [2.05, 4.69) is 26.2 Å². The third kappa shape index (κ3) is 3.70. The van der Waals surface area contributed by atoms with E-state index in [1.54, 1.807) is 12.1 Å². The second kappa shape index (κ2) is 7.46. The van der Waals surface area contributed by atoms with Crippen LogP contribution in [0.15, 0.2) is 75.6 Å². The number of carbonyl (C=O) groups is 1. The van der Waals surface area contributed by atoms with Crippen LogP contribution in [0.25, 0.3) is 21.3 Å². The van der Waals surface area contributed by atoms with Crippen LogP contribution >= 0.6 is 27.3 Å². The van der Waals surface area contributed by atoms with Crippen molar-refractivity contribution in [1.29, 1.82) is 0 Å². The monoisotopic (exact) mass is 439 g/mol. The van der Waals surface area contributed by atoms with E-state index in [4.69, 9.17) is 0 Å². The van der Waals surface area contributed by atoms with Gasteiger partial charge in [-0.15, -0.1) is 11.3 Å². The van der Waals surface area contributed by atoms with Gasteiger partial charge in [0.05, 0.1) is 11.7 Å². The lowest BCUT2D eigenvalue weighted by Gasteiger charge is -2.08. The molecule has 4 aromatic rings. The molecule has 5 nitrogen and oxygen atoms in total. The average Bonchev–Trinajstić information content (AvgIpc) is 3.10. The van der Waals surface area contributed by atoms with Crippen LogP contribution in [0.3, 0.4) is 0 Å². The maximum absolute atomic E-state index is 13.0. The molecule has 1 amide bonds. The van der Waals surface area contributed by atoms with E-state index >= 15 is 0 Å². The molecule has 1 N–H and O–H groups in total. The highest BCUT2D eigenvalue weighted by Gasteiger charge is 2.14. The Kier molecular flexibility index (Phi) is 4.87. The van der Waals surface area contributed by atoms with Crippen LogP contribution in [0, 0.1) is 0 Å². The first-order valence-electron chi connectivity index (χ1n) is 8.19. The van der Waals surface area contributed by atoms with Gasteiger partial charge in [0.15, 0.2) is 0 Å². The zero-order chi connectivity index (χ0) is 18.8. The van der Waals surface area contributed by atoms with Crippen LogP contribution in [0.4, 0.5) is 5.69 Å². The van der Waals surface area contributed by atoms with Crippen LogP contribution in [-0.4, -0.2) is 15.5 Å². The molecule has 2 aromatic heterocycles. The normalized spacial score (nSPS) is 10.9. The number of nitrogens with one attached hydrogen (secondary N) is 1. The first kappa shape index (κ1) is 17.6. The summed E-state index contributed by atoms with van der Waals surface area (Å²) in [6, 6.07) is 16.9. The minimum Gasteiger partial charge on any atom is -0.325 e. The van der Waals surface area contributed by atoms with Gasteiger partial charge < -0.3 is 5.32 Å². The number of hydrogen-bond acceptors (Lipinski definition) is 4. The predicted molar refractivity (Wildman–Crippen MR) is 112 cm³/mol. The summed E-state index contributed by atoms with van der Waals surface area (Å²) in [5, 5.41) is 5.25. The molecule has 7 heteroatoms. The van der Waals surface area contributed by atoms with Crippen LogP contribution in [0.5, 0.6) is 0 Å². The van der Waals surface area contributed by atoms with Gasteiger partial charge in [0, 0.05) is 21.1 Å². The van der Waals surface area contributed by atoms with E-state index in [-0.39, 0.29) is 18.0 Å². The number of para-hydroxylation sites is 1. The fourth-order valence-corrected chi connectivity index (χ4v) is 3.97. The van der Waals surface area contributed by atoms with Gasteiger partial charge in [-0.25, -0.2) is 4.98 Å². The molecule has 0 aliphatic heterocycles. The highest BCUT2D eigenvalue weighted by molar-refractivity contribution is 9.10. The molecule has 2 aromatic carbocycles. The van der Waals surface area contributed by atoms with Gasteiger partial charge in [-0.3, -0.25) is 14.2 Å². The summed E-state index contributed by atoms with van der Waals surface area (Å²) < 4.78 is 2.31. The van der Waals surface area contributed by atoms with Crippen LogP contribution in [-0.2, 0) is 11.3 Å². The quantitative estimate of drug-likeness (QED) is 0.508. The molecule has 0 saturated carbocycles. The molecule has 27 heavy (non-hydrogen) atoms. The molecule has 0 bridgehead atoms. The molecule has 0 spiro atoms. The molecule has 0 fully saturated rings. The van der Waals surface area contributed by atoms with Crippen LogP contribution in [0.2, 0.25) is 0 Å². The SMILES string of the molecule is O=C(Cn1cnc2scc(-c3ccc(Br)cc3)c2c1=O)Nc1ccccc1. The maximum atomic E-state index is 13.0. The van der Waals surface area contributed by atoms with Crippen molar-refractivity contribution in [2.45, 2.75) is 6.54 Å². The molecule has 4 rings (SSSR count). The summed E-state index contributed by atoms with van der Waals surface area (Å²) in [6.07, 6.45) is 1.43.